The average molecular weight is 267 g/mol. The lowest BCUT2D eigenvalue weighted by atomic mass is 10.00. The Kier molecular flexibility index (Phi) is 4.02. The number of carbonyl (C=O) groups is 1. The van der Waals surface area contributed by atoms with Crippen molar-refractivity contribution in [1.29, 1.82) is 0 Å². The Morgan fingerprint density at radius 2 is 2.00 bits per heavy atom. The molecule has 0 bridgehead atoms. The molecular formula is C13H21N3OS. The van der Waals surface area contributed by atoms with Crippen molar-refractivity contribution >= 4 is 22.3 Å². The molecule has 2 atom stereocenters. The van der Waals surface area contributed by atoms with Crippen LogP contribution >= 0.6 is 11.5 Å². The van der Waals surface area contributed by atoms with Gasteiger partial charge in [-0.25, -0.2) is 5.01 Å². The van der Waals surface area contributed by atoms with Crippen molar-refractivity contribution in [3.05, 3.63) is 11.3 Å². The van der Waals surface area contributed by atoms with Crippen LogP contribution in [0.25, 0.3) is 0 Å². The molecule has 18 heavy (non-hydrogen) atoms. The van der Waals surface area contributed by atoms with Crippen LogP contribution in [0.5, 0.6) is 0 Å². The van der Waals surface area contributed by atoms with E-state index in [0.717, 1.165) is 16.3 Å². The number of aryl methyl sites for hydroxylation is 1. The number of ketones is 1. The van der Waals surface area contributed by atoms with Crippen LogP contribution in [0.3, 0.4) is 0 Å². The van der Waals surface area contributed by atoms with Gasteiger partial charge < -0.3 is 5.43 Å². The largest absolute Gasteiger partial charge is 0.308 e. The lowest BCUT2D eigenvalue weighted by Gasteiger charge is -2.39. The monoisotopic (exact) mass is 267 g/mol. The molecule has 100 valence electrons. The summed E-state index contributed by atoms with van der Waals surface area (Å²) < 4.78 is 4.29. The van der Waals surface area contributed by atoms with Crippen LogP contribution in [0.4, 0.5) is 5.00 Å². The van der Waals surface area contributed by atoms with Crippen molar-refractivity contribution in [3.8, 4) is 0 Å². The Balaban J connectivity index is 2.20. The van der Waals surface area contributed by atoms with E-state index in [0.29, 0.717) is 12.1 Å². The maximum atomic E-state index is 11.7. The van der Waals surface area contributed by atoms with Gasteiger partial charge in [-0.15, -0.1) is 0 Å². The van der Waals surface area contributed by atoms with Crippen LogP contribution in [0, 0.1) is 6.92 Å². The van der Waals surface area contributed by atoms with Crippen LogP contribution in [0.2, 0.25) is 0 Å². The highest BCUT2D eigenvalue weighted by atomic mass is 32.1. The van der Waals surface area contributed by atoms with E-state index in [4.69, 9.17) is 0 Å². The number of anilines is 1. The second-order valence-electron chi connectivity index (χ2n) is 5.18. The molecule has 0 radical (unpaired) electrons. The van der Waals surface area contributed by atoms with E-state index in [1.165, 1.54) is 30.8 Å². The number of nitrogens with zero attached hydrogens (tertiary/aromatic N) is 2. The zero-order valence-corrected chi connectivity index (χ0v) is 12.3. The quantitative estimate of drug-likeness (QED) is 0.854. The molecule has 1 aromatic heterocycles. The maximum absolute atomic E-state index is 11.7. The first-order chi connectivity index (χ1) is 8.50. The summed E-state index contributed by atoms with van der Waals surface area (Å²) in [5.41, 5.74) is 4.99. The highest BCUT2D eigenvalue weighted by Gasteiger charge is 2.26. The minimum Gasteiger partial charge on any atom is -0.308 e. The van der Waals surface area contributed by atoms with Crippen molar-refractivity contribution in [2.75, 3.05) is 5.43 Å². The van der Waals surface area contributed by atoms with Crippen molar-refractivity contribution < 1.29 is 4.79 Å². The molecular weight excluding hydrogens is 246 g/mol. The summed E-state index contributed by atoms with van der Waals surface area (Å²) in [5.74, 6) is 0.0843. The predicted molar refractivity (Wildman–Crippen MR) is 75.1 cm³/mol. The van der Waals surface area contributed by atoms with Gasteiger partial charge in [0, 0.05) is 12.1 Å². The minimum atomic E-state index is 0.0843. The Bertz CT molecular complexity index is 433. The van der Waals surface area contributed by atoms with Gasteiger partial charge in [-0.2, -0.15) is 4.37 Å². The van der Waals surface area contributed by atoms with Gasteiger partial charge in [0.1, 0.15) is 5.00 Å². The summed E-state index contributed by atoms with van der Waals surface area (Å²) in [6.07, 6.45) is 3.68. The van der Waals surface area contributed by atoms with Crippen molar-refractivity contribution in [2.24, 2.45) is 0 Å². The number of hydrogen-bond donors (Lipinski definition) is 1. The summed E-state index contributed by atoms with van der Waals surface area (Å²) in [7, 11) is 0. The molecule has 1 aliphatic rings. The van der Waals surface area contributed by atoms with E-state index in [1.807, 2.05) is 6.92 Å². The van der Waals surface area contributed by atoms with Gasteiger partial charge in [0.2, 0.25) is 0 Å². The molecule has 0 spiro atoms. The van der Waals surface area contributed by atoms with Gasteiger partial charge in [0.25, 0.3) is 0 Å². The number of hydrogen-bond acceptors (Lipinski definition) is 5. The molecule has 1 saturated heterocycles. The Morgan fingerprint density at radius 3 is 2.56 bits per heavy atom. The number of piperidine rings is 1. The molecule has 1 aromatic rings. The molecule has 2 rings (SSSR count). The number of nitrogens with one attached hydrogen (secondary N) is 1. The molecule has 0 amide bonds. The van der Waals surface area contributed by atoms with Crippen molar-refractivity contribution in [1.82, 2.24) is 9.38 Å². The lowest BCUT2D eigenvalue weighted by Crippen LogP contribution is -2.47. The van der Waals surface area contributed by atoms with Crippen molar-refractivity contribution in [3.63, 3.8) is 0 Å². The molecule has 2 heterocycles. The zero-order valence-electron chi connectivity index (χ0n) is 11.5. The summed E-state index contributed by atoms with van der Waals surface area (Å²) >= 11 is 1.38. The third-order valence-electron chi connectivity index (χ3n) is 3.64. The molecule has 1 aliphatic heterocycles. The summed E-state index contributed by atoms with van der Waals surface area (Å²) in [6.45, 7) is 7.94. The Morgan fingerprint density at radius 1 is 1.39 bits per heavy atom. The first-order valence-electron chi connectivity index (χ1n) is 6.53. The average Bonchev–Trinajstić information content (AvgIpc) is 2.65. The second-order valence-corrected chi connectivity index (χ2v) is 5.95. The molecule has 5 heteroatoms. The van der Waals surface area contributed by atoms with E-state index in [2.05, 4.69) is 28.7 Å². The molecule has 4 nitrogen and oxygen atoms in total. The zero-order chi connectivity index (χ0) is 13.3. The lowest BCUT2D eigenvalue weighted by molar-refractivity contribution is 0.101. The number of Topliss-reactive ketones (excluding diaryl/α,β-unsaturated/α-hetero) is 1. The number of rotatable bonds is 3. The fraction of sp³-hybridized carbons (Fsp3) is 0.692. The Hall–Kier alpha value is -0.940. The summed E-state index contributed by atoms with van der Waals surface area (Å²) in [4.78, 5) is 11.7. The molecule has 0 aromatic carbocycles. The first kappa shape index (κ1) is 13.5. The van der Waals surface area contributed by atoms with E-state index in [9.17, 15) is 4.79 Å². The fourth-order valence-electron chi connectivity index (χ4n) is 2.62. The molecule has 1 N–H and O–H groups in total. The number of carbonyl (C=O) groups excluding carboxylic acids is 1. The maximum Gasteiger partial charge on any atom is 0.164 e. The van der Waals surface area contributed by atoms with Crippen LogP contribution in [0.15, 0.2) is 0 Å². The minimum absolute atomic E-state index is 0.0843. The van der Waals surface area contributed by atoms with E-state index in [-0.39, 0.29) is 5.78 Å². The summed E-state index contributed by atoms with van der Waals surface area (Å²) in [6, 6.07) is 0.993. The molecule has 0 saturated carbocycles. The normalized spacial score (nSPS) is 25.1. The van der Waals surface area contributed by atoms with E-state index in [1.54, 1.807) is 6.92 Å². The van der Waals surface area contributed by atoms with Crippen LogP contribution in [0.1, 0.15) is 56.1 Å². The van der Waals surface area contributed by atoms with E-state index >= 15 is 0 Å². The van der Waals surface area contributed by atoms with Crippen LogP contribution in [-0.4, -0.2) is 27.2 Å². The third kappa shape index (κ3) is 2.57. The predicted octanol–water partition coefficient (Wildman–Crippen LogP) is 3.24. The standard InChI is InChI=1S/C13H21N3OS/c1-8-6-5-7-9(2)16(8)14-13-12(11(4)17)10(3)15-18-13/h8-9,14H,5-7H2,1-4H3. The first-order valence-corrected chi connectivity index (χ1v) is 7.30. The van der Waals surface area contributed by atoms with Gasteiger partial charge in [-0.1, -0.05) is 6.42 Å². The van der Waals surface area contributed by atoms with Crippen LogP contribution in [-0.2, 0) is 0 Å². The SMILES string of the molecule is CC(=O)c1c(C)nsc1NN1C(C)CCCC1C. The number of aromatic nitrogens is 1. The highest BCUT2D eigenvalue weighted by molar-refractivity contribution is 7.10. The molecule has 1 fully saturated rings. The van der Waals surface area contributed by atoms with Crippen LogP contribution < -0.4 is 5.43 Å². The topological polar surface area (TPSA) is 45.2 Å². The van der Waals surface area contributed by atoms with Gasteiger partial charge in [-0.3, -0.25) is 4.79 Å². The van der Waals surface area contributed by atoms with Crippen molar-refractivity contribution in [2.45, 2.75) is 59.0 Å². The highest BCUT2D eigenvalue weighted by Crippen LogP contribution is 2.29. The van der Waals surface area contributed by atoms with Gasteiger partial charge in [-0.05, 0) is 52.1 Å². The van der Waals surface area contributed by atoms with Gasteiger partial charge in [0.05, 0.1) is 11.3 Å². The Labute approximate surface area is 113 Å². The molecule has 0 aliphatic carbocycles. The summed E-state index contributed by atoms with van der Waals surface area (Å²) in [5, 5.41) is 3.16. The van der Waals surface area contributed by atoms with Gasteiger partial charge >= 0.3 is 0 Å². The fourth-order valence-corrected chi connectivity index (χ4v) is 3.47. The smallest absolute Gasteiger partial charge is 0.164 e. The number of hydrazine groups is 1. The van der Waals surface area contributed by atoms with E-state index < -0.39 is 0 Å². The van der Waals surface area contributed by atoms with Gasteiger partial charge in [0.15, 0.2) is 5.78 Å². The molecule has 2 unspecified atom stereocenters. The second kappa shape index (κ2) is 5.36. The third-order valence-corrected chi connectivity index (χ3v) is 4.48.